The van der Waals surface area contributed by atoms with Gasteiger partial charge in [0.2, 0.25) is 0 Å². The minimum atomic E-state index is -0.866. The van der Waals surface area contributed by atoms with Crippen molar-refractivity contribution in [2.45, 2.75) is 32.6 Å². The molecule has 0 aromatic carbocycles. The zero-order valence-corrected chi connectivity index (χ0v) is 7.90. The molecule has 0 heterocycles. The fourth-order valence-electron chi connectivity index (χ4n) is 1.33. The summed E-state index contributed by atoms with van der Waals surface area (Å²) in [6, 6.07) is 0. The molecule has 68 valence electrons. The number of aliphatic carboxylic acids is 1. The van der Waals surface area contributed by atoms with E-state index in [1.54, 1.807) is 0 Å². The molecule has 0 aliphatic heterocycles. The van der Waals surface area contributed by atoms with E-state index in [1.165, 1.54) is 6.42 Å². The van der Waals surface area contributed by atoms with Gasteiger partial charge in [0, 0.05) is 5.03 Å². The van der Waals surface area contributed by atoms with E-state index < -0.39 is 5.97 Å². The first kappa shape index (κ1) is 9.59. The molecule has 1 N–H and O–H groups in total. The largest absolute Gasteiger partial charge is 0.478 e. The van der Waals surface area contributed by atoms with Crippen LogP contribution in [0.15, 0.2) is 10.6 Å². The fraction of sp³-hybridized carbons (Fsp3) is 0.667. The number of carbonyl (C=O) groups is 1. The molecule has 1 aliphatic carbocycles. The fourth-order valence-corrected chi connectivity index (χ4v) is 1.76. The molecule has 12 heavy (non-hydrogen) atoms. The molecule has 0 aromatic rings. The Balaban J connectivity index is 2.75. The second-order valence-corrected chi connectivity index (χ2v) is 3.52. The number of hydrogen-bond acceptors (Lipinski definition) is 1. The Morgan fingerprint density at radius 1 is 1.58 bits per heavy atom. The first-order chi connectivity index (χ1) is 5.66. The summed E-state index contributed by atoms with van der Waals surface area (Å²) in [5.74, 6) is -0.535. The molecule has 0 saturated heterocycles. The molecule has 3 heteroatoms. The molecule has 1 fully saturated rings. The van der Waals surface area contributed by atoms with E-state index in [0.29, 0.717) is 22.9 Å². The van der Waals surface area contributed by atoms with E-state index in [-0.39, 0.29) is 0 Å². The molecule has 0 bridgehead atoms. The van der Waals surface area contributed by atoms with Gasteiger partial charge in [-0.1, -0.05) is 24.9 Å². The number of halogens is 1. The van der Waals surface area contributed by atoms with Crippen molar-refractivity contribution in [3.05, 3.63) is 10.6 Å². The quantitative estimate of drug-likeness (QED) is 0.692. The Morgan fingerprint density at radius 3 is 2.42 bits per heavy atom. The lowest BCUT2D eigenvalue weighted by atomic mass is 9.83. The summed E-state index contributed by atoms with van der Waals surface area (Å²) in [5, 5.41) is 9.35. The van der Waals surface area contributed by atoms with Gasteiger partial charge in [-0.2, -0.15) is 0 Å². The summed E-state index contributed by atoms with van der Waals surface area (Å²) in [5.41, 5.74) is 0.390. The van der Waals surface area contributed by atoms with Crippen LogP contribution in [0.4, 0.5) is 0 Å². The lowest BCUT2D eigenvalue weighted by Crippen LogP contribution is -2.15. The van der Waals surface area contributed by atoms with Gasteiger partial charge in [0.05, 0.1) is 5.57 Å². The number of rotatable bonds is 3. The van der Waals surface area contributed by atoms with Crippen LogP contribution in [-0.2, 0) is 4.79 Å². The molecule has 0 aromatic heterocycles. The normalized spacial score (nSPS) is 19.8. The monoisotopic (exact) mass is 188 g/mol. The highest BCUT2D eigenvalue weighted by Crippen LogP contribution is 2.37. The SMILES string of the molecule is CC/C(C(=O)O)=C(\Cl)C1CCC1. The third-order valence-electron chi connectivity index (χ3n) is 2.36. The van der Waals surface area contributed by atoms with Crippen LogP contribution in [0.25, 0.3) is 0 Å². The smallest absolute Gasteiger partial charge is 0.332 e. The molecular formula is C9H13ClO2. The number of carboxylic acid groups (broad SMARTS) is 1. The highest BCUT2D eigenvalue weighted by atomic mass is 35.5. The van der Waals surface area contributed by atoms with Crippen molar-refractivity contribution in [1.82, 2.24) is 0 Å². The summed E-state index contributed by atoms with van der Waals surface area (Å²) < 4.78 is 0. The third kappa shape index (κ3) is 1.81. The number of allylic oxidation sites excluding steroid dienone is 1. The van der Waals surface area contributed by atoms with Crippen LogP contribution in [-0.4, -0.2) is 11.1 Å². The molecule has 0 atom stereocenters. The van der Waals surface area contributed by atoms with Gasteiger partial charge >= 0.3 is 5.97 Å². The van der Waals surface area contributed by atoms with E-state index in [4.69, 9.17) is 16.7 Å². The predicted molar refractivity (Wildman–Crippen MR) is 48.1 cm³/mol. The van der Waals surface area contributed by atoms with Gasteiger partial charge in [-0.3, -0.25) is 0 Å². The van der Waals surface area contributed by atoms with Crippen LogP contribution < -0.4 is 0 Å². The molecule has 0 unspecified atom stereocenters. The Labute approximate surface area is 77.2 Å². The van der Waals surface area contributed by atoms with Crippen molar-refractivity contribution in [3.63, 3.8) is 0 Å². The van der Waals surface area contributed by atoms with Gasteiger partial charge in [0.25, 0.3) is 0 Å². The predicted octanol–water partition coefficient (Wildman–Crippen LogP) is 2.77. The van der Waals surface area contributed by atoms with Gasteiger partial charge < -0.3 is 5.11 Å². The topological polar surface area (TPSA) is 37.3 Å². The average molecular weight is 189 g/mol. The van der Waals surface area contributed by atoms with Crippen LogP contribution in [0.3, 0.4) is 0 Å². The standard InChI is InChI=1S/C9H13ClO2/c1-2-7(9(11)12)8(10)6-4-3-5-6/h6H,2-5H2,1H3,(H,11,12)/b8-7+. The van der Waals surface area contributed by atoms with E-state index in [9.17, 15) is 4.79 Å². The van der Waals surface area contributed by atoms with Crippen molar-refractivity contribution in [1.29, 1.82) is 0 Å². The second-order valence-electron chi connectivity index (χ2n) is 3.11. The first-order valence-electron chi connectivity index (χ1n) is 4.28. The van der Waals surface area contributed by atoms with Crippen molar-refractivity contribution >= 4 is 17.6 Å². The molecule has 0 radical (unpaired) electrons. The van der Waals surface area contributed by atoms with E-state index in [1.807, 2.05) is 6.92 Å². The molecule has 1 saturated carbocycles. The van der Waals surface area contributed by atoms with Crippen LogP contribution in [0.1, 0.15) is 32.6 Å². The van der Waals surface area contributed by atoms with Crippen molar-refractivity contribution in [3.8, 4) is 0 Å². The Hall–Kier alpha value is -0.500. The summed E-state index contributed by atoms with van der Waals surface area (Å²) >= 11 is 5.94. The number of hydrogen-bond donors (Lipinski definition) is 1. The molecule has 1 aliphatic rings. The van der Waals surface area contributed by atoms with Crippen LogP contribution >= 0.6 is 11.6 Å². The first-order valence-corrected chi connectivity index (χ1v) is 4.66. The highest BCUT2D eigenvalue weighted by Gasteiger charge is 2.24. The third-order valence-corrected chi connectivity index (χ3v) is 2.90. The van der Waals surface area contributed by atoms with Crippen molar-refractivity contribution in [2.24, 2.45) is 5.92 Å². The van der Waals surface area contributed by atoms with Gasteiger partial charge in [-0.25, -0.2) is 4.79 Å². The Morgan fingerprint density at radius 2 is 2.17 bits per heavy atom. The van der Waals surface area contributed by atoms with E-state index >= 15 is 0 Å². The summed E-state index contributed by atoms with van der Waals surface area (Å²) in [7, 11) is 0. The zero-order chi connectivity index (χ0) is 9.14. The minimum absolute atomic E-state index is 0.331. The van der Waals surface area contributed by atoms with Gasteiger partial charge in [0.15, 0.2) is 0 Å². The van der Waals surface area contributed by atoms with Crippen molar-refractivity contribution < 1.29 is 9.90 Å². The average Bonchev–Trinajstić information content (AvgIpc) is 1.83. The van der Waals surface area contributed by atoms with Gasteiger partial charge in [0.1, 0.15) is 0 Å². The highest BCUT2D eigenvalue weighted by molar-refractivity contribution is 6.31. The Kier molecular flexibility index (Phi) is 3.15. The van der Waals surface area contributed by atoms with E-state index in [0.717, 1.165) is 12.8 Å². The van der Waals surface area contributed by atoms with Crippen LogP contribution in [0, 0.1) is 5.92 Å². The molecule has 1 rings (SSSR count). The summed E-state index contributed by atoms with van der Waals surface area (Å²) in [4.78, 5) is 10.7. The maximum atomic E-state index is 10.7. The summed E-state index contributed by atoms with van der Waals surface area (Å²) in [6.45, 7) is 1.82. The minimum Gasteiger partial charge on any atom is -0.478 e. The lowest BCUT2D eigenvalue weighted by molar-refractivity contribution is -0.132. The molecule has 0 spiro atoms. The van der Waals surface area contributed by atoms with Crippen LogP contribution in [0.5, 0.6) is 0 Å². The molecule has 2 nitrogen and oxygen atoms in total. The lowest BCUT2D eigenvalue weighted by Gasteiger charge is -2.25. The molecular weight excluding hydrogens is 176 g/mol. The van der Waals surface area contributed by atoms with Crippen LogP contribution in [0.2, 0.25) is 0 Å². The second kappa shape index (κ2) is 3.94. The Bertz CT molecular complexity index is 217. The van der Waals surface area contributed by atoms with Gasteiger partial charge in [-0.05, 0) is 25.2 Å². The van der Waals surface area contributed by atoms with Gasteiger partial charge in [-0.15, -0.1) is 0 Å². The van der Waals surface area contributed by atoms with E-state index in [2.05, 4.69) is 0 Å². The summed E-state index contributed by atoms with van der Waals surface area (Å²) in [6.07, 6.45) is 3.80. The number of carboxylic acids is 1. The zero-order valence-electron chi connectivity index (χ0n) is 7.14. The maximum absolute atomic E-state index is 10.7. The van der Waals surface area contributed by atoms with Crippen molar-refractivity contribution in [2.75, 3.05) is 0 Å². The molecule has 0 amide bonds. The maximum Gasteiger partial charge on any atom is 0.332 e.